The molecular formula is C14H21ClN2O2. The molecule has 0 aliphatic heterocycles. The van der Waals surface area contributed by atoms with E-state index in [1.807, 2.05) is 12.1 Å². The molecule has 1 saturated carbocycles. The van der Waals surface area contributed by atoms with Gasteiger partial charge in [0.1, 0.15) is 5.75 Å². The van der Waals surface area contributed by atoms with E-state index in [1.165, 1.54) is 12.8 Å². The first-order valence-corrected chi connectivity index (χ1v) is 6.50. The van der Waals surface area contributed by atoms with E-state index in [1.54, 1.807) is 12.1 Å². The number of hydrogen-bond acceptors (Lipinski definition) is 3. The molecule has 4 nitrogen and oxygen atoms in total. The number of carbonyl (C=O) groups excluding carboxylic acids is 1. The summed E-state index contributed by atoms with van der Waals surface area (Å²) in [4.78, 5) is 11.7. The molecule has 1 aromatic rings. The molecule has 1 aliphatic rings. The quantitative estimate of drug-likeness (QED) is 0.753. The van der Waals surface area contributed by atoms with Gasteiger partial charge in [-0.2, -0.15) is 0 Å². The lowest BCUT2D eigenvalue weighted by molar-refractivity contribution is 0.0953. The van der Waals surface area contributed by atoms with Crippen molar-refractivity contribution in [2.24, 2.45) is 11.7 Å². The molecule has 0 spiro atoms. The highest BCUT2D eigenvalue weighted by Gasteiger charge is 2.21. The van der Waals surface area contributed by atoms with Gasteiger partial charge in [-0.15, -0.1) is 12.4 Å². The molecule has 0 saturated heterocycles. The maximum Gasteiger partial charge on any atom is 0.251 e. The van der Waals surface area contributed by atoms with E-state index in [2.05, 4.69) is 5.32 Å². The smallest absolute Gasteiger partial charge is 0.251 e. The number of carbonyl (C=O) groups is 1. The number of rotatable bonds is 7. The second kappa shape index (κ2) is 8.02. The minimum absolute atomic E-state index is 0. The van der Waals surface area contributed by atoms with Crippen molar-refractivity contribution >= 4 is 18.3 Å². The zero-order valence-electron chi connectivity index (χ0n) is 10.9. The molecule has 19 heavy (non-hydrogen) atoms. The van der Waals surface area contributed by atoms with Crippen LogP contribution in [0.2, 0.25) is 0 Å². The van der Waals surface area contributed by atoms with Gasteiger partial charge in [-0.1, -0.05) is 0 Å². The first-order chi connectivity index (χ1) is 8.79. The molecule has 2 rings (SSSR count). The summed E-state index contributed by atoms with van der Waals surface area (Å²) in [5.74, 6) is 1.52. The van der Waals surface area contributed by atoms with E-state index in [-0.39, 0.29) is 18.3 Å². The second-order valence-corrected chi connectivity index (χ2v) is 4.68. The monoisotopic (exact) mass is 284 g/mol. The molecule has 0 atom stereocenters. The Morgan fingerprint density at radius 2 is 2.00 bits per heavy atom. The van der Waals surface area contributed by atoms with Crippen molar-refractivity contribution in [2.45, 2.75) is 19.3 Å². The number of ether oxygens (including phenoxy) is 1. The molecule has 0 heterocycles. The summed E-state index contributed by atoms with van der Waals surface area (Å²) in [5, 5.41) is 2.82. The highest BCUT2D eigenvalue weighted by Crippen LogP contribution is 2.29. The summed E-state index contributed by atoms with van der Waals surface area (Å²) in [6.45, 7) is 2.01. The minimum atomic E-state index is -0.0582. The van der Waals surface area contributed by atoms with Crippen molar-refractivity contribution < 1.29 is 9.53 Å². The van der Waals surface area contributed by atoms with Crippen molar-refractivity contribution in [2.75, 3.05) is 19.7 Å². The van der Waals surface area contributed by atoms with Crippen LogP contribution < -0.4 is 15.8 Å². The largest absolute Gasteiger partial charge is 0.493 e. The predicted octanol–water partition coefficient (Wildman–Crippen LogP) is 1.98. The average Bonchev–Trinajstić information content (AvgIpc) is 3.21. The fraction of sp³-hybridized carbons (Fsp3) is 0.500. The molecule has 106 valence electrons. The molecule has 1 aromatic carbocycles. The Bertz CT molecular complexity index is 391. The molecular weight excluding hydrogens is 264 g/mol. The Morgan fingerprint density at radius 1 is 1.32 bits per heavy atom. The second-order valence-electron chi connectivity index (χ2n) is 4.68. The third-order valence-electron chi connectivity index (χ3n) is 2.97. The Kier molecular flexibility index (Phi) is 6.67. The summed E-state index contributed by atoms with van der Waals surface area (Å²) in [6, 6.07) is 7.28. The Morgan fingerprint density at radius 3 is 2.58 bits per heavy atom. The van der Waals surface area contributed by atoms with Crippen molar-refractivity contribution in [3.05, 3.63) is 29.8 Å². The molecule has 0 bridgehead atoms. The van der Waals surface area contributed by atoms with E-state index in [9.17, 15) is 4.79 Å². The van der Waals surface area contributed by atoms with Crippen LogP contribution in [0.4, 0.5) is 0 Å². The molecule has 1 fully saturated rings. The summed E-state index contributed by atoms with van der Waals surface area (Å²) in [7, 11) is 0. The standard InChI is InChI=1S/C14H20N2O2.ClH/c15-8-1-9-16-14(17)12-4-6-13(7-5-12)18-10-11-2-3-11;/h4-7,11H,1-3,8-10,15H2,(H,16,17);1H. The molecule has 0 aromatic heterocycles. The van der Waals surface area contributed by atoms with Crippen molar-refractivity contribution in [1.82, 2.24) is 5.32 Å². The number of nitrogens with two attached hydrogens (primary N) is 1. The lowest BCUT2D eigenvalue weighted by atomic mass is 10.2. The van der Waals surface area contributed by atoms with Crippen LogP contribution in [0, 0.1) is 5.92 Å². The van der Waals surface area contributed by atoms with Gasteiger partial charge in [0.05, 0.1) is 6.61 Å². The van der Waals surface area contributed by atoms with E-state index in [0.717, 1.165) is 24.7 Å². The molecule has 1 amide bonds. The van der Waals surface area contributed by atoms with Gasteiger partial charge in [-0.25, -0.2) is 0 Å². The summed E-state index contributed by atoms with van der Waals surface area (Å²) < 4.78 is 5.61. The van der Waals surface area contributed by atoms with E-state index < -0.39 is 0 Å². The topological polar surface area (TPSA) is 64.3 Å². The lowest BCUT2D eigenvalue weighted by Crippen LogP contribution is -2.25. The average molecular weight is 285 g/mol. The zero-order valence-corrected chi connectivity index (χ0v) is 11.7. The van der Waals surface area contributed by atoms with Crippen LogP contribution in [0.25, 0.3) is 0 Å². The Balaban J connectivity index is 0.00000180. The van der Waals surface area contributed by atoms with Gasteiger partial charge in [0.2, 0.25) is 0 Å². The zero-order chi connectivity index (χ0) is 12.8. The third kappa shape index (κ3) is 5.49. The van der Waals surface area contributed by atoms with Crippen LogP contribution in [0.3, 0.4) is 0 Å². The highest BCUT2D eigenvalue weighted by molar-refractivity contribution is 5.94. The van der Waals surface area contributed by atoms with Gasteiger partial charge < -0.3 is 15.8 Å². The van der Waals surface area contributed by atoms with Crippen LogP contribution >= 0.6 is 12.4 Å². The normalized spacial score (nSPS) is 13.5. The first kappa shape index (κ1) is 15.8. The third-order valence-corrected chi connectivity index (χ3v) is 2.97. The number of amides is 1. The highest BCUT2D eigenvalue weighted by atomic mass is 35.5. The van der Waals surface area contributed by atoms with Crippen LogP contribution in [-0.2, 0) is 0 Å². The molecule has 3 N–H and O–H groups in total. The van der Waals surface area contributed by atoms with E-state index in [0.29, 0.717) is 18.7 Å². The summed E-state index contributed by atoms with van der Waals surface area (Å²) >= 11 is 0. The van der Waals surface area contributed by atoms with Gasteiger partial charge in [-0.3, -0.25) is 4.79 Å². The summed E-state index contributed by atoms with van der Waals surface area (Å²) in [6.07, 6.45) is 3.36. The van der Waals surface area contributed by atoms with Gasteiger partial charge in [0.25, 0.3) is 5.91 Å². The van der Waals surface area contributed by atoms with Crippen molar-refractivity contribution in [1.29, 1.82) is 0 Å². The molecule has 0 unspecified atom stereocenters. The van der Waals surface area contributed by atoms with Crippen molar-refractivity contribution in [3.8, 4) is 5.75 Å². The molecule has 5 heteroatoms. The Labute approximate surface area is 120 Å². The van der Waals surface area contributed by atoms with Gasteiger partial charge in [0.15, 0.2) is 0 Å². The van der Waals surface area contributed by atoms with Gasteiger partial charge >= 0.3 is 0 Å². The maximum atomic E-state index is 11.7. The van der Waals surface area contributed by atoms with Crippen LogP contribution in [0.15, 0.2) is 24.3 Å². The van der Waals surface area contributed by atoms with Gasteiger partial charge in [0, 0.05) is 12.1 Å². The Hall–Kier alpha value is -1.26. The lowest BCUT2D eigenvalue weighted by Gasteiger charge is -2.07. The minimum Gasteiger partial charge on any atom is -0.493 e. The van der Waals surface area contributed by atoms with Crippen LogP contribution in [-0.4, -0.2) is 25.6 Å². The SMILES string of the molecule is Cl.NCCCNC(=O)c1ccc(OCC2CC2)cc1. The van der Waals surface area contributed by atoms with Gasteiger partial charge in [-0.05, 0) is 56.0 Å². The van der Waals surface area contributed by atoms with E-state index >= 15 is 0 Å². The fourth-order valence-electron chi connectivity index (χ4n) is 1.61. The molecule has 1 aliphatic carbocycles. The maximum absolute atomic E-state index is 11.7. The number of benzene rings is 1. The molecule has 0 radical (unpaired) electrons. The predicted molar refractivity (Wildman–Crippen MR) is 77.9 cm³/mol. The van der Waals surface area contributed by atoms with E-state index in [4.69, 9.17) is 10.5 Å². The van der Waals surface area contributed by atoms with Crippen LogP contribution in [0.5, 0.6) is 5.75 Å². The van der Waals surface area contributed by atoms with Crippen LogP contribution in [0.1, 0.15) is 29.6 Å². The van der Waals surface area contributed by atoms with Crippen molar-refractivity contribution in [3.63, 3.8) is 0 Å². The number of hydrogen-bond donors (Lipinski definition) is 2. The first-order valence-electron chi connectivity index (χ1n) is 6.50. The fourth-order valence-corrected chi connectivity index (χ4v) is 1.61. The summed E-state index contributed by atoms with van der Waals surface area (Å²) in [5.41, 5.74) is 6.03. The number of halogens is 1. The number of nitrogens with one attached hydrogen (secondary N) is 1.